The van der Waals surface area contributed by atoms with Gasteiger partial charge in [-0.1, -0.05) is 6.42 Å². The number of nitrogens with zero attached hydrogens (tertiary/aromatic N) is 1. The number of benzene rings is 1. The first kappa shape index (κ1) is 17.2. The molecule has 1 saturated carbocycles. The normalized spacial score (nSPS) is 17.3. The number of nitro benzene ring substituents is 1. The number of rotatable bonds is 4. The van der Waals surface area contributed by atoms with Crippen molar-refractivity contribution in [1.29, 1.82) is 0 Å². The summed E-state index contributed by atoms with van der Waals surface area (Å²) in [5.74, 6) is 0. The van der Waals surface area contributed by atoms with Crippen LogP contribution in [0.4, 0.5) is 10.5 Å². The minimum absolute atomic E-state index is 0.235. The lowest BCUT2D eigenvalue weighted by molar-refractivity contribution is -0.384. The molecular weight excluding hydrogens is 324 g/mol. The molecule has 126 valence electrons. The number of nitro groups is 1. The van der Waals surface area contributed by atoms with E-state index in [-0.39, 0.29) is 10.6 Å². The van der Waals surface area contributed by atoms with E-state index in [4.69, 9.17) is 4.74 Å². The van der Waals surface area contributed by atoms with Crippen LogP contribution in [0.25, 0.3) is 0 Å². The lowest BCUT2D eigenvalue weighted by atomic mass is 9.86. The number of ether oxygens (including phenoxy) is 1. The fourth-order valence-corrected chi connectivity index (χ4v) is 3.44. The lowest BCUT2D eigenvalue weighted by Gasteiger charge is -2.32. The maximum absolute atomic E-state index is 12.1. The number of non-ortho nitro benzene ring substituents is 1. The molecule has 0 saturated heterocycles. The Morgan fingerprint density at radius 2 is 1.78 bits per heavy atom. The summed E-state index contributed by atoms with van der Waals surface area (Å²) in [5, 5.41) is 10.6. The molecule has 8 nitrogen and oxygen atoms in total. The minimum Gasteiger partial charge on any atom is -0.443 e. The number of hydrogen-bond donors (Lipinski definition) is 1. The van der Waals surface area contributed by atoms with Crippen molar-refractivity contribution in [2.45, 2.75) is 49.5 Å². The first-order chi connectivity index (χ1) is 10.7. The molecular formula is C14H18N2O6S. The van der Waals surface area contributed by atoms with Crippen LogP contribution in [0.1, 0.15) is 39.0 Å². The molecule has 1 aliphatic rings. The quantitative estimate of drug-likeness (QED) is 0.664. The number of hydrogen-bond acceptors (Lipinski definition) is 6. The highest BCUT2D eigenvalue weighted by Crippen LogP contribution is 2.31. The van der Waals surface area contributed by atoms with Gasteiger partial charge in [-0.25, -0.2) is 17.9 Å². The molecule has 9 heteroatoms. The van der Waals surface area contributed by atoms with E-state index in [9.17, 15) is 23.3 Å². The average molecular weight is 342 g/mol. The third kappa shape index (κ3) is 4.41. The first-order valence-electron chi connectivity index (χ1n) is 7.22. The molecule has 0 bridgehead atoms. The van der Waals surface area contributed by atoms with Crippen LogP contribution >= 0.6 is 0 Å². The van der Waals surface area contributed by atoms with Crippen LogP contribution in [0.15, 0.2) is 29.2 Å². The van der Waals surface area contributed by atoms with Crippen LogP contribution in [-0.2, 0) is 14.8 Å². The maximum Gasteiger partial charge on any atom is 0.421 e. The fourth-order valence-electron chi connectivity index (χ4n) is 2.56. The van der Waals surface area contributed by atoms with Crippen molar-refractivity contribution < 1.29 is 22.9 Å². The molecule has 1 amide bonds. The zero-order valence-electron chi connectivity index (χ0n) is 12.6. The molecule has 0 aromatic heterocycles. The number of sulfonamides is 1. The largest absolute Gasteiger partial charge is 0.443 e. The van der Waals surface area contributed by atoms with Gasteiger partial charge >= 0.3 is 6.09 Å². The summed E-state index contributed by atoms with van der Waals surface area (Å²) in [4.78, 5) is 21.5. The van der Waals surface area contributed by atoms with E-state index in [0.717, 1.165) is 43.5 Å². The van der Waals surface area contributed by atoms with Gasteiger partial charge < -0.3 is 4.74 Å². The SMILES string of the molecule is CC1(OC(=O)NS(=O)(=O)c2ccc([N+](=O)[O-])cc2)CCCCC1. The molecule has 0 atom stereocenters. The monoisotopic (exact) mass is 342 g/mol. The van der Waals surface area contributed by atoms with E-state index in [1.54, 1.807) is 6.92 Å². The summed E-state index contributed by atoms with van der Waals surface area (Å²) in [6.07, 6.45) is 3.28. The molecule has 1 aliphatic carbocycles. The van der Waals surface area contributed by atoms with Gasteiger partial charge in [0.25, 0.3) is 15.7 Å². The Kier molecular flexibility index (Phi) is 4.88. The van der Waals surface area contributed by atoms with Crippen LogP contribution in [0.2, 0.25) is 0 Å². The Labute approximate surface area is 134 Å². The van der Waals surface area contributed by atoms with Gasteiger partial charge in [-0.15, -0.1) is 0 Å². The third-order valence-corrected chi connectivity index (χ3v) is 5.15. The number of carbonyl (C=O) groups is 1. The van der Waals surface area contributed by atoms with Gasteiger partial charge in [0.05, 0.1) is 9.82 Å². The standard InChI is InChI=1S/C14H18N2O6S/c1-14(9-3-2-4-10-14)22-13(17)15-23(20,21)12-7-5-11(6-8-12)16(18)19/h5-8H,2-4,9-10H2,1H3,(H,15,17). The van der Waals surface area contributed by atoms with E-state index < -0.39 is 26.6 Å². The van der Waals surface area contributed by atoms with Crippen LogP contribution in [0.5, 0.6) is 0 Å². The fraction of sp³-hybridized carbons (Fsp3) is 0.500. The highest BCUT2D eigenvalue weighted by molar-refractivity contribution is 7.90. The van der Waals surface area contributed by atoms with Crippen molar-refractivity contribution in [2.24, 2.45) is 0 Å². The Bertz CT molecular complexity index is 692. The molecule has 1 aromatic carbocycles. The van der Waals surface area contributed by atoms with Gasteiger partial charge in [0, 0.05) is 12.1 Å². The van der Waals surface area contributed by atoms with Gasteiger partial charge in [-0.3, -0.25) is 10.1 Å². The van der Waals surface area contributed by atoms with E-state index in [0.29, 0.717) is 12.8 Å². The summed E-state index contributed by atoms with van der Waals surface area (Å²) in [7, 11) is -4.13. The molecule has 1 aromatic rings. The Morgan fingerprint density at radius 3 is 2.30 bits per heavy atom. The van der Waals surface area contributed by atoms with E-state index >= 15 is 0 Å². The highest BCUT2D eigenvalue weighted by atomic mass is 32.2. The predicted octanol–water partition coefficient (Wildman–Crippen LogP) is 2.73. The van der Waals surface area contributed by atoms with Crippen molar-refractivity contribution in [3.63, 3.8) is 0 Å². The molecule has 0 spiro atoms. The number of amides is 1. The van der Waals surface area contributed by atoms with Crippen molar-refractivity contribution in [3.05, 3.63) is 34.4 Å². The zero-order valence-corrected chi connectivity index (χ0v) is 13.5. The van der Waals surface area contributed by atoms with Crippen LogP contribution in [-0.4, -0.2) is 25.0 Å². The van der Waals surface area contributed by atoms with Crippen LogP contribution in [0, 0.1) is 10.1 Å². The summed E-state index contributed by atoms with van der Waals surface area (Å²) in [6.45, 7) is 1.78. The zero-order chi connectivity index (χ0) is 17.1. The highest BCUT2D eigenvalue weighted by Gasteiger charge is 2.32. The van der Waals surface area contributed by atoms with Gasteiger partial charge in [-0.2, -0.15) is 0 Å². The molecule has 0 unspecified atom stereocenters. The second-order valence-electron chi connectivity index (χ2n) is 5.76. The molecule has 0 heterocycles. The summed E-state index contributed by atoms with van der Waals surface area (Å²) in [6, 6.07) is 4.25. The van der Waals surface area contributed by atoms with Gasteiger partial charge in [0.15, 0.2) is 0 Å². The average Bonchev–Trinajstić information content (AvgIpc) is 2.46. The lowest BCUT2D eigenvalue weighted by Crippen LogP contribution is -2.40. The van der Waals surface area contributed by atoms with Crippen molar-refractivity contribution in [1.82, 2.24) is 4.72 Å². The summed E-state index contributed by atoms with van der Waals surface area (Å²) < 4.78 is 31.3. The van der Waals surface area contributed by atoms with E-state index in [1.165, 1.54) is 0 Å². The number of carbonyl (C=O) groups excluding carboxylic acids is 1. The smallest absolute Gasteiger partial charge is 0.421 e. The van der Waals surface area contributed by atoms with Gasteiger partial charge in [-0.05, 0) is 44.7 Å². The first-order valence-corrected chi connectivity index (χ1v) is 8.70. The molecule has 0 radical (unpaired) electrons. The van der Waals surface area contributed by atoms with Crippen LogP contribution in [0.3, 0.4) is 0 Å². The van der Waals surface area contributed by atoms with Crippen molar-refractivity contribution in [2.75, 3.05) is 0 Å². The van der Waals surface area contributed by atoms with E-state index in [1.807, 2.05) is 4.72 Å². The third-order valence-electron chi connectivity index (χ3n) is 3.83. The molecule has 2 rings (SSSR count). The Morgan fingerprint density at radius 1 is 1.22 bits per heavy atom. The van der Waals surface area contributed by atoms with Crippen molar-refractivity contribution >= 4 is 21.8 Å². The van der Waals surface area contributed by atoms with Crippen molar-refractivity contribution in [3.8, 4) is 0 Å². The maximum atomic E-state index is 12.1. The molecule has 1 N–H and O–H groups in total. The van der Waals surface area contributed by atoms with E-state index in [2.05, 4.69) is 0 Å². The number of nitrogens with one attached hydrogen (secondary N) is 1. The second-order valence-corrected chi connectivity index (χ2v) is 7.44. The molecule has 23 heavy (non-hydrogen) atoms. The van der Waals surface area contributed by atoms with Gasteiger partial charge in [0.2, 0.25) is 0 Å². The molecule has 1 fully saturated rings. The van der Waals surface area contributed by atoms with Gasteiger partial charge in [0.1, 0.15) is 5.60 Å². The van der Waals surface area contributed by atoms with Crippen LogP contribution < -0.4 is 4.72 Å². The topological polar surface area (TPSA) is 116 Å². The Balaban J connectivity index is 2.05. The minimum atomic E-state index is -4.13. The Hall–Kier alpha value is -2.16. The summed E-state index contributed by atoms with van der Waals surface area (Å²) >= 11 is 0. The molecule has 0 aliphatic heterocycles. The predicted molar refractivity (Wildman–Crippen MR) is 81.4 cm³/mol. The second kappa shape index (κ2) is 6.53. The summed E-state index contributed by atoms with van der Waals surface area (Å²) in [5.41, 5.74) is -0.894.